The predicted octanol–water partition coefficient (Wildman–Crippen LogP) is 3.95. The molecule has 3 heterocycles. The molecule has 1 atom stereocenters. The Bertz CT molecular complexity index is 1210. The van der Waals surface area contributed by atoms with Crippen LogP contribution in [-0.2, 0) is 21.5 Å². The minimum atomic E-state index is -1.15. The first-order valence-electron chi connectivity index (χ1n) is 9.61. The van der Waals surface area contributed by atoms with Crippen LogP contribution in [0.15, 0.2) is 47.6 Å². The summed E-state index contributed by atoms with van der Waals surface area (Å²) >= 11 is 12.4. The maximum Gasteiger partial charge on any atom is 0.275 e. The number of piperazine rings is 1. The Labute approximate surface area is 183 Å². The molecule has 2 amide bonds. The fraction of sp³-hybridized carbons (Fsp3) is 0.227. The highest BCUT2D eigenvalue weighted by Gasteiger charge is 2.54. The second kappa shape index (κ2) is 6.86. The second-order valence-electron chi connectivity index (χ2n) is 7.63. The lowest BCUT2D eigenvalue weighted by Gasteiger charge is -2.48. The molecule has 0 saturated carbocycles. The first kappa shape index (κ1) is 19.2. The quantitative estimate of drug-likeness (QED) is 0.612. The summed E-state index contributed by atoms with van der Waals surface area (Å²) in [7, 11) is 0. The molecule has 152 valence electrons. The molecule has 0 bridgehead atoms. The fourth-order valence-electron chi connectivity index (χ4n) is 4.45. The average molecular weight is 441 g/mol. The van der Waals surface area contributed by atoms with Gasteiger partial charge in [-0.15, -0.1) is 0 Å². The van der Waals surface area contributed by atoms with Gasteiger partial charge < -0.3 is 9.88 Å². The normalized spacial score (nSPS) is 21.4. The molecule has 8 heteroatoms. The zero-order valence-electron chi connectivity index (χ0n) is 16.2. The van der Waals surface area contributed by atoms with Gasteiger partial charge in [-0.05, 0) is 37.1 Å². The van der Waals surface area contributed by atoms with Crippen LogP contribution < -0.4 is 0 Å². The summed E-state index contributed by atoms with van der Waals surface area (Å²) in [4.78, 5) is 31.6. The van der Waals surface area contributed by atoms with E-state index in [1.54, 1.807) is 30.0 Å². The fourth-order valence-corrected chi connectivity index (χ4v) is 4.94. The second-order valence-corrected chi connectivity index (χ2v) is 8.45. The van der Waals surface area contributed by atoms with E-state index in [-0.39, 0.29) is 18.4 Å². The van der Waals surface area contributed by atoms with Crippen LogP contribution >= 0.6 is 23.2 Å². The number of nitrogens with one attached hydrogen (secondary N) is 1. The number of aromatic nitrogens is 1. The number of amides is 2. The molecular formula is C22H18Cl2N4O2. The molecule has 2 aromatic carbocycles. The third kappa shape index (κ3) is 2.67. The van der Waals surface area contributed by atoms with Gasteiger partial charge in [-0.1, -0.05) is 47.5 Å². The SMILES string of the molecule is C[C@@]12C(=O)N(/N=C/c3c(Cl)cccc3Cl)CC(=O)N1CCc1c2[nH]c2ccccc12. The molecule has 1 N–H and O–H groups in total. The van der Waals surface area contributed by atoms with Crippen molar-refractivity contribution >= 4 is 52.1 Å². The van der Waals surface area contributed by atoms with Crippen molar-refractivity contribution in [3.05, 3.63) is 69.3 Å². The topological polar surface area (TPSA) is 68.8 Å². The molecule has 30 heavy (non-hydrogen) atoms. The van der Waals surface area contributed by atoms with Crippen molar-refractivity contribution in [3.63, 3.8) is 0 Å². The van der Waals surface area contributed by atoms with E-state index in [2.05, 4.69) is 10.1 Å². The molecule has 2 aliphatic rings. The van der Waals surface area contributed by atoms with E-state index in [0.717, 1.165) is 22.2 Å². The monoisotopic (exact) mass is 440 g/mol. The number of H-pyrrole nitrogens is 1. The number of benzene rings is 2. The zero-order chi connectivity index (χ0) is 21.0. The molecule has 0 unspecified atom stereocenters. The molecule has 0 aliphatic carbocycles. The van der Waals surface area contributed by atoms with Crippen molar-refractivity contribution < 1.29 is 9.59 Å². The van der Waals surface area contributed by atoms with Gasteiger partial charge in [0, 0.05) is 23.0 Å². The van der Waals surface area contributed by atoms with Gasteiger partial charge in [0.1, 0.15) is 6.54 Å². The lowest BCUT2D eigenvalue weighted by atomic mass is 9.83. The summed E-state index contributed by atoms with van der Waals surface area (Å²) in [5.74, 6) is -0.419. The van der Waals surface area contributed by atoms with Crippen molar-refractivity contribution in [2.45, 2.75) is 18.9 Å². The Balaban J connectivity index is 1.58. The van der Waals surface area contributed by atoms with Gasteiger partial charge in [-0.2, -0.15) is 5.10 Å². The molecular weight excluding hydrogens is 423 g/mol. The summed E-state index contributed by atoms with van der Waals surface area (Å²) in [6, 6.07) is 13.1. The Hall–Kier alpha value is -2.83. The summed E-state index contributed by atoms with van der Waals surface area (Å²) in [5, 5.41) is 7.43. The number of carbonyl (C=O) groups is 2. The van der Waals surface area contributed by atoms with Crippen LogP contribution in [0.2, 0.25) is 10.0 Å². The zero-order valence-corrected chi connectivity index (χ0v) is 17.7. The summed E-state index contributed by atoms with van der Waals surface area (Å²) < 4.78 is 0. The Morgan fingerprint density at radius 2 is 1.83 bits per heavy atom. The van der Waals surface area contributed by atoms with E-state index >= 15 is 0 Å². The Kier molecular flexibility index (Phi) is 4.38. The predicted molar refractivity (Wildman–Crippen MR) is 117 cm³/mol. The highest BCUT2D eigenvalue weighted by atomic mass is 35.5. The van der Waals surface area contributed by atoms with Crippen molar-refractivity contribution in [3.8, 4) is 0 Å². The summed E-state index contributed by atoms with van der Waals surface area (Å²) in [6.07, 6.45) is 2.14. The molecule has 6 nitrogen and oxygen atoms in total. The van der Waals surface area contributed by atoms with E-state index in [0.29, 0.717) is 28.6 Å². The van der Waals surface area contributed by atoms with Gasteiger partial charge in [0.25, 0.3) is 5.91 Å². The Morgan fingerprint density at radius 1 is 1.10 bits per heavy atom. The van der Waals surface area contributed by atoms with Gasteiger partial charge in [-0.25, -0.2) is 5.01 Å². The minimum absolute atomic E-state index is 0.122. The lowest BCUT2D eigenvalue weighted by Crippen LogP contribution is -2.65. The largest absolute Gasteiger partial charge is 0.356 e. The average Bonchev–Trinajstić information content (AvgIpc) is 3.11. The van der Waals surface area contributed by atoms with Gasteiger partial charge in [-0.3, -0.25) is 9.59 Å². The van der Waals surface area contributed by atoms with Crippen molar-refractivity contribution in [1.82, 2.24) is 14.9 Å². The number of hydrogen-bond acceptors (Lipinski definition) is 3. The number of carbonyl (C=O) groups excluding carboxylic acids is 2. The standard InChI is InChI=1S/C22H18Cl2N4O2/c1-22-20-14(13-5-2-3-8-18(13)26-20)9-10-27(22)19(29)12-28(21(22)30)25-11-15-16(23)6-4-7-17(15)24/h2-8,11,26H,9-10,12H2,1H3/b25-11+/t22-/m1/s1. The van der Waals surface area contributed by atoms with E-state index < -0.39 is 5.54 Å². The number of para-hydroxylation sites is 1. The smallest absolute Gasteiger partial charge is 0.275 e. The van der Waals surface area contributed by atoms with Gasteiger partial charge in [0.2, 0.25) is 5.91 Å². The molecule has 3 aromatic rings. The van der Waals surface area contributed by atoms with Crippen LogP contribution in [0.25, 0.3) is 10.9 Å². The molecule has 5 rings (SSSR count). The number of aromatic amines is 1. The summed E-state index contributed by atoms with van der Waals surface area (Å²) in [6.45, 7) is 2.15. The number of nitrogens with zero attached hydrogens (tertiary/aromatic N) is 3. The third-order valence-electron chi connectivity index (χ3n) is 5.99. The van der Waals surface area contributed by atoms with E-state index in [1.165, 1.54) is 11.2 Å². The first-order valence-corrected chi connectivity index (χ1v) is 10.4. The molecule has 0 radical (unpaired) electrons. The molecule has 0 spiro atoms. The van der Waals surface area contributed by atoms with Crippen LogP contribution in [0.1, 0.15) is 23.7 Å². The molecule has 1 fully saturated rings. The number of hydrazone groups is 1. The van der Waals surface area contributed by atoms with Crippen molar-refractivity contribution in [2.24, 2.45) is 5.10 Å². The van der Waals surface area contributed by atoms with E-state index in [1.807, 2.05) is 24.3 Å². The van der Waals surface area contributed by atoms with Crippen LogP contribution in [0.3, 0.4) is 0 Å². The van der Waals surface area contributed by atoms with Crippen LogP contribution in [0.4, 0.5) is 0 Å². The highest BCUT2D eigenvalue weighted by molar-refractivity contribution is 6.38. The molecule has 1 saturated heterocycles. The molecule has 2 aliphatic heterocycles. The minimum Gasteiger partial charge on any atom is -0.356 e. The summed E-state index contributed by atoms with van der Waals surface area (Å²) in [5.41, 5.74) is 2.14. The van der Waals surface area contributed by atoms with E-state index in [4.69, 9.17) is 23.2 Å². The van der Waals surface area contributed by atoms with E-state index in [9.17, 15) is 9.59 Å². The van der Waals surface area contributed by atoms with Crippen LogP contribution in [0, 0.1) is 0 Å². The van der Waals surface area contributed by atoms with Crippen molar-refractivity contribution in [1.29, 1.82) is 0 Å². The van der Waals surface area contributed by atoms with Gasteiger partial charge in [0.15, 0.2) is 5.54 Å². The van der Waals surface area contributed by atoms with Gasteiger partial charge in [0.05, 0.1) is 22.0 Å². The van der Waals surface area contributed by atoms with Crippen LogP contribution in [0.5, 0.6) is 0 Å². The number of halogens is 2. The van der Waals surface area contributed by atoms with Crippen molar-refractivity contribution in [2.75, 3.05) is 13.1 Å². The molecule has 1 aromatic heterocycles. The van der Waals surface area contributed by atoms with Crippen LogP contribution in [-0.4, -0.2) is 46.0 Å². The number of hydrogen-bond donors (Lipinski definition) is 1. The number of fused-ring (bicyclic) bond motifs is 5. The first-order chi connectivity index (χ1) is 14.4. The third-order valence-corrected chi connectivity index (χ3v) is 6.65. The lowest BCUT2D eigenvalue weighted by molar-refractivity contribution is -0.165. The van der Waals surface area contributed by atoms with Gasteiger partial charge >= 0.3 is 0 Å². The number of rotatable bonds is 2. The maximum absolute atomic E-state index is 13.6. The maximum atomic E-state index is 13.6. The highest BCUT2D eigenvalue weighted by Crippen LogP contribution is 2.42. The Morgan fingerprint density at radius 3 is 2.60 bits per heavy atom.